The summed E-state index contributed by atoms with van der Waals surface area (Å²) in [6, 6.07) is 8.73. The number of nitrogens with one attached hydrogen (secondary N) is 1. The van der Waals surface area contributed by atoms with Crippen molar-refractivity contribution in [2.45, 2.75) is 19.9 Å². The third-order valence-corrected chi connectivity index (χ3v) is 2.68. The Hall–Kier alpha value is -1.41. The summed E-state index contributed by atoms with van der Waals surface area (Å²) in [7, 11) is 0. The molecule has 0 saturated heterocycles. The number of rotatable bonds is 3. The molecule has 1 atom stereocenters. The second kappa shape index (κ2) is 4.41. The van der Waals surface area contributed by atoms with Crippen LogP contribution in [0, 0.1) is 0 Å². The molecule has 0 aliphatic rings. The fourth-order valence-electron chi connectivity index (χ4n) is 1.90. The van der Waals surface area contributed by atoms with Crippen LogP contribution in [0.5, 0.6) is 0 Å². The van der Waals surface area contributed by atoms with Gasteiger partial charge in [0.2, 0.25) is 0 Å². The van der Waals surface area contributed by atoms with Crippen LogP contribution in [-0.4, -0.2) is 11.5 Å². The first-order valence-corrected chi connectivity index (χ1v) is 5.39. The van der Waals surface area contributed by atoms with E-state index >= 15 is 0 Å². The zero-order valence-electron chi connectivity index (χ0n) is 9.20. The molecule has 78 valence electrons. The lowest BCUT2D eigenvalue weighted by Crippen LogP contribution is -2.18. The van der Waals surface area contributed by atoms with E-state index in [1.54, 1.807) is 0 Å². The molecular weight excluding hydrogens is 184 g/mol. The predicted molar refractivity (Wildman–Crippen MR) is 63.8 cm³/mol. The Morgan fingerprint density at radius 3 is 2.87 bits per heavy atom. The summed E-state index contributed by atoms with van der Waals surface area (Å²) in [5.41, 5.74) is 1.27. The Morgan fingerprint density at radius 1 is 1.27 bits per heavy atom. The highest BCUT2D eigenvalue weighted by molar-refractivity contribution is 5.84. The molecule has 0 amide bonds. The summed E-state index contributed by atoms with van der Waals surface area (Å²) in [6.07, 6.45) is 3.87. The summed E-state index contributed by atoms with van der Waals surface area (Å²) in [4.78, 5) is 4.28. The highest BCUT2D eigenvalue weighted by atomic mass is 14.9. The van der Waals surface area contributed by atoms with Gasteiger partial charge < -0.3 is 5.32 Å². The molecule has 1 aromatic carbocycles. The number of aromatic nitrogens is 1. The minimum Gasteiger partial charge on any atom is -0.310 e. The summed E-state index contributed by atoms with van der Waals surface area (Å²) in [5, 5.41) is 5.91. The minimum atomic E-state index is 0.355. The van der Waals surface area contributed by atoms with Crippen molar-refractivity contribution < 1.29 is 0 Å². The Kier molecular flexibility index (Phi) is 2.97. The zero-order valence-corrected chi connectivity index (χ0v) is 9.20. The molecule has 2 nitrogen and oxygen atoms in total. The topological polar surface area (TPSA) is 24.9 Å². The van der Waals surface area contributed by atoms with Crippen molar-refractivity contribution >= 4 is 10.8 Å². The first-order chi connectivity index (χ1) is 7.33. The van der Waals surface area contributed by atoms with Gasteiger partial charge in [0, 0.05) is 23.8 Å². The molecule has 1 heterocycles. The summed E-state index contributed by atoms with van der Waals surface area (Å²) in [6.45, 7) is 5.27. The van der Waals surface area contributed by atoms with Gasteiger partial charge in [0.05, 0.1) is 0 Å². The predicted octanol–water partition coefficient (Wildman–Crippen LogP) is 2.91. The Labute approximate surface area is 90.3 Å². The van der Waals surface area contributed by atoms with Gasteiger partial charge in [0.15, 0.2) is 0 Å². The van der Waals surface area contributed by atoms with E-state index in [1.807, 2.05) is 18.5 Å². The Morgan fingerprint density at radius 2 is 2.07 bits per heavy atom. The molecular formula is C13H16N2. The SMILES string of the molecule is CCNC(C)c1cncc2ccccc12. The first-order valence-electron chi connectivity index (χ1n) is 5.39. The van der Waals surface area contributed by atoms with E-state index in [9.17, 15) is 0 Å². The van der Waals surface area contributed by atoms with Gasteiger partial charge in [-0.1, -0.05) is 31.2 Å². The second-order valence-electron chi connectivity index (χ2n) is 3.73. The smallest absolute Gasteiger partial charge is 0.0346 e. The molecule has 2 aromatic rings. The van der Waals surface area contributed by atoms with E-state index in [-0.39, 0.29) is 0 Å². The van der Waals surface area contributed by atoms with Gasteiger partial charge in [0.25, 0.3) is 0 Å². The minimum absolute atomic E-state index is 0.355. The van der Waals surface area contributed by atoms with Crippen LogP contribution in [0.2, 0.25) is 0 Å². The summed E-state index contributed by atoms with van der Waals surface area (Å²) >= 11 is 0. The number of benzene rings is 1. The average Bonchev–Trinajstić information content (AvgIpc) is 2.28. The van der Waals surface area contributed by atoms with E-state index in [4.69, 9.17) is 0 Å². The maximum absolute atomic E-state index is 4.28. The quantitative estimate of drug-likeness (QED) is 0.824. The molecule has 15 heavy (non-hydrogen) atoms. The van der Waals surface area contributed by atoms with Crippen LogP contribution in [0.4, 0.5) is 0 Å². The van der Waals surface area contributed by atoms with Gasteiger partial charge in [-0.05, 0) is 24.4 Å². The van der Waals surface area contributed by atoms with Crippen LogP contribution in [-0.2, 0) is 0 Å². The lowest BCUT2D eigenvalue weighted by molar-refractivity contribution is 0.600. The van der Waals surface area contributed by atoms with Gasteiger partial charge in [-0.3, -0.25) is 4.98 Å². The molecule has 2 rings (SSSR count). The number of hydrogen-bond acceptors (Lipinski definition) is 2. The molecule has 1 aromatic heterocycles. The van der Waals surface area contributed by atoms with Crippen molar-refractivity contribution in [1.29, 1.82) is 0 Å². The van der Waals surface area contributed by atoms with Crippen LogP contribution >= 0.6 is 0 Å². The van der Waals surface area contributed by atoms with Crippen molar-refractivity contribution in [1.82, 2.24) is 10.3 Å². The normalized spacial score (nSPS) is 12.9. The van der Waals surface area contributed by atoms with Gasteiger partial charge in [0.1, 0.15) is 0 Å². The second-order valence-corrected chi connectivity index (χ2v) is 3.73. The molecule has 0 spiro atoms. The highest BCUT2D eigenvalue weighted by Gasteiger charge is 2.07. The van der Waals surface area contributed by atoms with Crippen LogP contribution in [0.15, 0.2) is 36.7 Å². The fourth-order valence-corrected chi connectivity index (χ4v) is 1.90. The van der Waals surface area contributed by atoms with Crippen LogP contribution in [0.25, 0.3) is 10.8 Å². The Balaban J connectivity index is 2.50. The van der Waals surface area contributed by atoms with Crippen molar-refractivity contribution in [2.24, 2.45) is 0 Å². The number of pyridine rings is 1. The first kappa shape index (κ1) is 10.1. The van der Waals surface area contributed by atoms with Crippen molar-refractivity contribution in [2.75, 3.05) is 6.54 Å². The molecule has 0 fully saturated rings. The van der Waals surface area contributed by atoms with Gasteiger partial charge in [-0.25, -0.2) is 0 Å². The van der Waals surface area contributed by atoms with Crippen molar-refractivity contribution in [3.63, 3.8) is 0 Å². The molecule has 2 heteroatoms. The van der Waals surface area contributed by atoms with Gasteiger partial charge >= 0.3 is 0 Å². The molecule has 1 N–H and O–H groups in total. The van der Waals surface area contributed by atoms with E-state index in [1.165, 1.54) is 16.3 Å². The summed E-state index contributed by atoms with van der Waals surface area (Å²) < 4.78 is 0. The zero-order chi connectivity index (χ0) is 10.7. The lowest BCUT2D eigenvalue weighted by Gasteiger charge is -2.14. The lowest BCUT2D eigenvalue weighted by atomic mass is 10.0. The standard InChI is InChI=1S/C13H16N2/c1-3-15-10(2)13-9-14-8-11-6-4-5-7-12(11)13/h4-10,15H,3H2,1-2H3. The van der Waals surface area contributed by atoms with Crippen LogP contribution in [0.1, 0.15) is 25.5 Å². The molecule has 1 unspecified atom stereocenters. The molecule has 0 radical (unpaired) electrons. The van der Waals surface area contributed by atoms with Crippen LogP contribution < -0.4 is 5.32 Å². The van der Waals surface area contributed by atoms with E-state index in [0.29, 0.717) is 6.04 Å². The third kappa shape index (κ3) is 2.00. The van der Waals surface area contributed by atoms with Crippen LogP contribution in [0.3, 0.4) is 0 Å². The molecule has 0 aliphatic heterocycles. The average molecular weight is 200 g/mol. The molecule has 0 bridgehead atoms. The fraction of sp³-hybridized carbons (Fsp3) is 0.308. The number of nitrogens with zero attached hydrogens (tertiary/aromatic N) is 1. The summed E-state index contributed by atoms with van der Waals surface area (Å²) in [5.74, 6) is 0. The van der Waals surface area contributed by atoms with E-state index < -0.39 is 0 Å². The Bertz CT molecular complexity index is 446. The monoisotopic (exact) mass is 200 g/mol. The third-order valence-electron chi connectivity index (χ3n) is 2.68. The van der Waals surface area contributed by atoms with Gasteiger partial charge in [-0.2, -0.15) is 0 Å². The number of fused-ring (bicyclic) bond motifs is 1. The largest absolute Gasteiger partial charge is 0.310 e. The maximum Gasteiger partial charge on any atom is 0.0346 e. The highest BCUT2D eigenvalue weighted by Crippen LogP contribution is 2.22. The van der Waals surface area contributed by atoms with E-state index in [0.717, 1.165) is 6.54 Å². The van der Waals surface area contributed by atoms with E-state index in [2.05, 4.69) is 42.3 Å². The molecule has 0 aliphatic carbocycles. The van der Waals surface area contributed by atoms with Crippen molar-refractivity contribution in [3.8, 4) is 0 Å². The maximum atomic E-state index is 4.28. The number of hydrogen-bond donors (Lipinski definition) is 1. The molecule has 0 saturated carbocycles. The van der Waals surface area contributed by atoms with Gasteiger partial charge in [-0.15, -0.1) is 0 Å². The van der Waals surface area contributed by atoms with Crippen molar-refractivity contribution in [3.05, 3.63) is 42.2 Å².